The lowest BCUT2D eigenvalue weighted by atomic mass is 9.80. The highest BCUT2D eigenvalue weighted by Gasteiger charge is 2.35. The van der Waals surface area contributed by atoms with Gasteiger partial charge in [-0.2, -0.15) is 0 Å². The topological polar surface area (TPSA) is 25.8 Å². The molecule has 0 saturated carbocycles. The maximum Gasteiger partial charge on any atom is 0.115 e. The summed E-state index contributed by atoms with van der Waals surface area (Å²) in [4.78, 5) is 8.77. The summed E-state index contributed by atoms with van der Waals surface area (Å²) in [5, 5.41) is 4.88. The van der Waals surface area contributed by atoms with E-state index in [2.05, 4.69) is 139 Å². The average Bonchev–Trinajstić information content (AvgIpc) is 3.26. The van der Waals surface area contributed by atoms with E-state index in [1.54, 1.807) is 6.33 Å². The molecular formula is C39H28N2. The van der Waals surface area contributed by atoms with Crippen molar-refractivity contribution in [1.82, 2.24) is 9.97 Å². The Morgan fingerprint density at radius 3 is 1.83 bits per heavy atom. The molecule has 1 aliphatic rings. The molecule has 1 aromatic heterocycles. The smallest absolute Gasteiger partial charge is 0.115 e. The van der Waals surface area contributed by atoms with E-state index in [1.165, 1.54) is 71.6 Å². The second-order valence-corrected chi connectivity index (χ2v) is 11.5. The van der Waals surface area contributed by atoms with Gasteiger partial charge in [0.05, 0.1) is 0 Å². The molecule has 0 aliphatic heterocycles. The summed E-state index contributed by atoms with van der Waals surface area (Å²) in [6, 6.07) is 42.3. The number of rotatable bonds is 3. The predicted molar refractivity (Wildman–Crippen MR) is 171 cm³/mol. The minimum Gasteiger partial charge on any atom is -0.244 e. The fourth-order valence-corrected chi connectivity index (χ4v) is 6.90. The fraction of sp³-hybridized carbons (Fsp3) is 0.0769. The van der Waals surface area contributed by atoms with Crippen LogP contribution in [-0.4, -0.2) is 9.97 Å². The normalized spacial score (nSPS) is 13.3. The number of nitrogens with zero attached hydrogens (tertiary/aromatic N) is 2. The molecule has 41 heavy (non-hydrogen) atoms. The van der Waals surface area contributed by atoms with Gasteiger partial charge in [0, 0.05) is 28.9 Å². The summed E-state index contributed by atoms with van der Waals surface area (Å²) in [6.07, 6.45) is 5.45. The number of aromatic nitrogens is 2. The van der Waals surface area contributed by atoms with E-state index in [-0.39, 0.29) is 5.41 Å². The second kappa shape index (κ2) is 8.97. The maximum atomic E-state index is 4.38. The van der Waals surface area contributed by atoms with E-state index in [1.807, 2.05) is 12.4 Å². The molecule has 6 aromatic carbocycles. The third kappa shape index (κ3) is 3.57. The summed E-state index contributed by atoms with van der Waals surface area (Å²) in [5.41, 5.74) is 12.5. The van der Waals surface area contributed by atoms with E-state index in [4.69, 9.17) is 0 Å². The number of benzene rings is 6. The molecule has 0 atom stereocenters. The van der Waals surface area contributed by atoms with Gasteiger partial charge in [-0.25, -0.2) is 9.97 Å². The largest absolute Gasteiger partial charge is 0.244 e. The quantitative estimate of drug-likeness (QED) is 0.215. The minimum absolute atomic E-state index is 0.0654. The number of hydrogen-bond donors (Lipinski definition) is 0. The van der Waals surface area contributed by atoms with Crippen molar-refractivity contribution in [3.8, 4) is 44.5 Å². The van der Waals surface area contributed by atoms with Crippen LogP contribution >= 0.6 is 0 Å². The van der Waals surface area contributed by atoms with Gasteiger partial charge in [0.15, 0.2) is 0 Å². The first-order valence-electron chi connectivity index (χ1n) is 14.2. The number of fused-ring (bicyclic) bond motifs is 5. The number of hydrogen-bond acceptors (Lipinski definition) is 2. The molecule has 0 amide bonds. The maximum absolute atomic E-state index is 4.38. The molecule has 0 unspecified atom stereocenters. The van der Waals surface area contributed by atoms with Gasteiger partial charge in [-0.3, -0.25) is 0 Å². The van der Waals surface area contributed by atoms with Crippen molar-refractivity contribution < 1.29 is 0 Å². The van der Waals surface area contributed by atoms with Crippen LogP contribution in [0.25, 0.3) is 66.1 Å². The van der Waals surface area contributed by atoms with Crippen LogP contribution < -0.4 is 0 Å². The molecule has 0 N–H and O–H groups in total. The summed E-state index contributed by atoms with van der Waals surface area (Å²) in [6.45, 7) is 4.70. The summed E-state index contributed by atoms with van der Waals surface area (Å²) in [5.74, 6) is 0. The molecule has 0 spiro atoms. The van der Waals surface area contributed by atoms with Crippen LogP contribution in [0.2, 0.25) is 0 Å². The van der Waals surface area contributed by atoms with Gasteiger partial charge in [0.1, 0.15) is 6.33 Å². The Balaban J connectivity index is 1.48. The highest BCUT2D eigenvalue weighted by atomic mass is 14.8. The van der Waals surface area contributed by atoms with Gasteiger partial charge in [-0.1, -0.05) is 117 Å². The zero-order valence-electron chi connectivity index (χ0n) is 23.1. The lowest BCUT2D eigenvalue weighted by molar-refractivity contribution is 0.660. The summed E-state index contributed by atoms with van der Waals surface area (Å²) < 4.78 is 0. The molecule has 0 bridgehead atoms. The Kier molecular flexibility index (Phi) is 5.20. The zero-order chi connectivity index (χ0) is 27.6. The van der Waals surface area contributed by atoms with Crippen LogP contribution in [0.1, 0.15) is 25.0 Å². The molecule has 2 heteroatoms. The van der Waals surface area contributed by atoms with Gasteiger partial charge < -0.3 is 0 Å². The standard InChI is InChI=1S/C39H28N2/c1-39(2)35-15-9-8-12-29(35)30-18-17-27(21-36(30)39)37-31-13-6-7-14-32(31)38(28-22-40-24-41-23-28)33-19-16-26(20-34(33)37)25-10-4-3-5-11-25/h3-24H,1-2H3. The first-order chi connectivity index (χ1) is 20.1. The van der Waals surface area contributed by atoms with Gasteiger partial charge in [0.25, 0.3) is 0 Å². The first kappa shape index (κ1) is 23.8. The highest BCUT2D eigenvalue weighted by molar-refractivity contribution is 6.22. The van der Waals surface area contributed by atoms with Crippen LogP contribution in [0.15, 0.2) is 134 Å². The van der Waals surface area contributed by atoms with Gasteiger partial charge >= 0.3 is 0 Å². The Morgan fingerprint density at radius 1 is 0.439 bits per heavy atom. The Bertz CT molecular complexity index is 2110. The third-order valence-electron chi connectivity index (χ3n) is 8.85. The minimum atomic E-state index is -0.0654. The van der Waals surface area contributed by atoms with Gasteiger partial charge in [-0.15, -0.1) is 0 Å². The summed E-state index contributed by atoms with van der Waals surface area (Å²) >= 11 is 0. The molecule has 0 fully saturated rings. The SMILES string of the molecule is CC1(C)c2ccccc2-c2ccc(-c3c4ccccc4c(-c4cncnc4)c4ccc(-c5ccccc5)cc34)cc21. The van der Waals surface area contributed by atoms with E-state index in [0.29, 0.717) is 0 Å². The van der Waals surface area contributed by atoms with Crippen molar-refractivity contribution in [3.05, 3.63) is 145 Å². The Hall–Kier alpha value is -5.08. The third-order valence-corrected chi connectivity index (χ3v) is 8.85. The molecule has 1 aliphatic carbocycles. The lowest BCUT2D eigenvalue weighted by Crippen LogP contribution is -2.14. The van der Waals surface area contributed by atoms with Crippen molar-refractivity contribution in [2.24, 2.45) is 0 Å². The molecule has 1 heterocycles. The van der Waals surface area contributed by atoms with Gasteiger partial charge in [0.2, 0.25) is 0 Å². The van der Waals surface area contributed by atoms with Crippen LogP contribution in [0.4, 0.5) is 0 Å². The zero-order valence-corrected chi connectivity index (χ0v) is 23.1. The van der Waals surface area contributed by atoms with Crippen molar-refractivity contribution >= 4 is 21.5 Å². The van der Waals surface area contributed by atoms with Crippen LogP contribution in [0.5, 0.6) is 0 Å². The Labute approximate surface area is 240 Å². The van der Waals surface area contributed by atoms with Crippen LogP contribution in [0, 0.1) is 0 Å². The fourth-order valence-electron chi connectivity index (χ4n) is 6.90. The first-order valence-corrected chi connectivity index (χ1v) is 14.2. The molecule has 0 radical (unpaired) electrons. The summed E-state index contributed by atoms with van der Waals surface area (Å²) in [7, 11) is 0. The monoisotopic (exact) mass is 524 g/mol. The predicted octanol–water partition coefficient (Wildman–Crippen LogP) is 10.1. The van der Waals surface area contributed by atoms with Crippen molar-refractivity contribution in [1.29, 1.82) is 0 Å². The molecule has 7 aromatic rings. The van der Waals surface area contributed by atoms with E-state index >= 15 is 0 Å². The average molecular weight is 525 g/mol. The highest BCUT2D eigenvalue weighted by Crippen LogP contribution is 2.51. The molecule has 0 saturated heterocycles. The lowest BCUT2D eigenvalue weighted by Gasteiger charge is -2.23. The molecule has 194 valence electrons. The molecule has 2 nitrogen and oxygen atoms in total. The van der Waals surface area contributed by atoms with Crippen molar-refractivity contribution in [2.45, 2.75) is 19.3 Å². The van der Waals surface area contributed by atoms with E-state index < -0.39 is 0 Å². The van der Waals surface area contributed by atoms with Crippen molar-refractivity contribution in [3.63, 3.8) is 0 Å². The molecule has 8 rings (SSSR count). The van der Waals surface area contributed by atoms with E-state index in [0.717, 1.165) is 5.56 Å². The van der Waals surface area contributed by atoms with E-state index in [9.17, 15) is 0 Å². The second-order valence-electron chi connectivity index (χ2n) is 11.5. The van der Waals surface area contributed by atoms with Crippen molar-refractivity contribution in [2.75, 3.05) is 0 Å². The van der Waals surface area contributed by atoms with Crippen LogP contribution in [0.3, 0.4) is 0 Å². The Morgan fingerprint density at radius 2 is 1.05 bits per heavy atom. The molecular weight excluding hydrogens is 496 g/mol. The van der Waals surface area contributed by atoms with Gasteiger partial charge in [-0.05, 0) is 78.2 Å². The van der Waals surface area contributed by atoms with Crippen LogP contribution in [-0.2, 0) is 5.41 Å².